The molecule has 0 aliphatic carbocycles. The first-order valence-corrected chi connectivity index (χ1v) is 8.92. The molecule has 0 radical (unpaired) electrons. The molecule has 2 fully saturated rings. The van der Waals surface area contributed by atoms with Crippen molar-refractivity contribution in [2.24, 2.45) is 11.8 Å². The molecule has 2 amide bonds. The average Bonchev–Trinajstić information content (AvgIpc) is 3.15. The average molecular weight is 329 g/mol. The van der Waals surface area contributed by atoms with E-state index in [-0.39, 0.29) is 11.8 Å². The van der Waals surface area contributed by atoms with E-state index in [4.69, 9.17) is 0 Å². The summed E-state index contributed by atoms with van der Waals surface area (Å²) in [6.07, 6.45) is 2.77. The van der Waals surface area contributed by atoms with Crippen molar-refractivity contribution in [1.82, 2.24) is 10.6 Å². The van der Waals surface area contributed by atoms with Gasteiger partial charge in [-0.3, -0.25) is 9.59 Å². The highest BCUT2D eigenvalue weighted by molar-refractivity contribution is 6.09. The van der Waals surface area contributed by atoms with E-state index in [1.165, 1.54) is 6.42 Å². The van der Waals surface area contributed by atoms with Gasteiger partial charge in [-0.25, -0.2) is 0 Å². The summed E-state index contributed by atoms with van der Waals surface area (Å²) in [4.78, 5) is 26.8. The molecule has 5 nitrogen and oxygen atoms in total. The third kappa shape index (κ3) is 3.78. The number of nitrogens with zero attached hydrogens (tertiary/aromatic N) is 1. The van der Waals surface area contributed by atoms with Crippen LogP contribution in [0.5, 0.6) is 0 Å². The Morgan fingerprint density at radius 2 is 2.00 bits per heavy atom. The number of anilines is 1. The zero-order valence-corrected chi connectivity index (χ0v) is 14.6. The van der Waals surface area contributed by atoms with Crippen molar-refractivity contribution in [1.29, 1.82) is 0 Å². The summed E-state index contributed by atoms with van der Waals surface area (Å²) in [5.41, 5.74) is 3.18. The van der Waals surface area contributed by atoms with Crippen molar-refractivity contribution in [2.45, 2.75) is 33.1 Å². The number of carbonyl (C=O) groups is 2. The lowest BCUT2D eigenvalue weighted by Gasteiger charge is -2.18. The summed E-state index contributed by atoms with van der Waals surface area (Å²) < 4.78 is 0. The molecule has 2 unspecified atom stereocenters. The van der Waals surface area contributed by atoms with Crippen molar-refractivity contribution in [3.8, 4) is 0 Å². The van der Waals surface area contributed by atoms with Crippen LogP contribution in [0.3, 0.4) is 0 Å². The lowest BCUT2D eigenvalue weighted by atomic mass is 10.0. The van der Waals surface area contributed by atoms with Gasteiger partial charge in [0.1, 0.15) is 5.92 Å². The fourth-order valence-electron chi connectivity index (χ4n) is 3.77. The highest BCUT2D eigenvalue weighted by atomic mass is 16.2. The molecule has 0 saturated carbocycles. The minimum absolute atomic E-state index is 0.0694. The number of hydrogen-bond donors (Lipinski definition) is 2. The maximum absolute atomic E-state index is 12.6. The first-order valence-electron chi connectivity index (χ1n) is 8.92. The molecule has 2 heterocycles. The van der Waals surface area contributed by atoms with Gasteiger partial charge in [-0.05, 0) is 75.4 Å². The van der Waals surface area contributed by atoms with E-state index in [1.807, 2.05) is 26.0 Å². The maximum atomic E-state index is 12.6. The van der Waals surface area contributed by atoms with Gasteiger partial charge < -0.3 is 15.5 Å². The Balaban J connectivity index is 1.55. The summed E-state index contributed by atoms with van der Waals surface area (Å²) in [5, 5.41) is 6.29. The first kappa shape index (κ1) is 17.0. The van der Waals surface area contributed by atoms with E-state index in [0.717, 1.165) is 36.3 Å². The quantitative estimate of drug-likeness (QED) is 0.810. The first-order chi connectivity index (χ1) is 11.5. The van der Waals surface area contributed by atoms with E-state index in [9.17, 15) is 9.59 Å². The van der Waals surface area contributed by atoms with Crippen molar-refractivity contribution in [2.75, 3.05) is 31.1 Å². The van der Waals surface area contributed by atoms with Crippen molar-refractivity contribution < 1.29 is 9.59 Å². The summed E-state index contributed by atoms with van der Waals surface area (Å²) in [6, 6.07) is 6.11. The van der Waals surface area contributed by atoms with Crippen LogP contribution in [0.2, 0.25) is 0 Å². The molecule has 2 saturated heterocycles. The second kappa shape index (κ2) is 7.34. The van der Waals surface area contributed by atoms with Gasteiger partial charge in [0.15, 0.2) is 0 Å². The third-order valence-corrected chi connectivity index (χ3v) is 5.05. The molecule has 1 aromatic rings. The zero-order valence-electron chi connectivity index (χ0n) is 14.6. The molecule has 5 heteroatoms. The van der Waals surface area contributed by atoms with Gasteiger partial charge in [0.2, 0.25) is 11.8 Å². The molecule has 2 aliphatic heterocycles. The molecule has 130 valence electrons. The number of rotatable bonds is 5. The Labute approximate surface area is 143 Å². The van der Waals surface area contributed by atoms with Crippen molar-refractivity contribution >= 4 is 17.5 Å². The SMILES string of the molecule is Cc1cc(C)cc(N2CCC(C(=O)NCCC3CCNC3)C2=O)c1. The molecule has 2 aliphatic rings. The molecule has 1 aromatic carbocycles. The maximum Gasteiger partial charge on any atom is 0.239 e. The largest absolute Gasteiger partial charge is 0.355 e. The second-order valence-corrected chi connectivity index (χ2v) is 7.12. The second-order valence-electron chi connectivity index (χ2n) is 7.12. The number of hydrogen-bond acceptors (Lipinski definition) is 3. The van der Waals surface area contributed by atoms with Gasteiger partial charge in [-0.1, -0.05) is 6.07 Å². The summed E-state index contributed by atoms with van der Waals surface area (Å²) in [5.74, 6) is -0.0678. The van der Waals surface area contributed by atoms with Gasteiger partial charge in [-0.2, -0.15) is 0 Å². The van der Waals surface area contributed by atoms with E-state index in [1.54, 1.807) is 4.90 Å². The Hall–Kier alpha value is -1.88. The molecular formula is C19H27N3O2. The summed E-state index contributed by atoms with van der Waals surface area (Å²) in [7, 11) is 0. The number of nitrogens with one attached hydrogen (secondary N) is 2. The van der Waals surface area contributed by atoms with Crippen LogP contribution >= 0.6 is 0 Å². The number of benzene rings is 1. The molecular weight excluding hydrogens is 302 g/mol. The van der Waals surface area contributed by atoms with Gasteiger partial charge in [0, 0.05) is 18.8 Å². The smallest absolute Gasteiger partial charge is 0.239 e. The third-order valence-electron chi connectivity index (χ3n) is 5.05. The lowest BCUT2D eigenvalue weighted by Crippen LogP contribution is -2.37. The van der Waals surface area contributed by atoms with Crippen LogP contribution in [0.15, 0.2) is 18.2 Å². The van der Waals surface area contributed by atoms with E-state index < -0.39 is 5.92 Å². The minimum atomic E-state index is -0.535. The molecule has 2 N–H and O–H groups in total. The predicted molar refractivity (Wildman–Crippen MR) is 95.0 cm³/mol. The van der Waals surface area contributed by atoms with E-state index in [0.29, 0.717) is 25.4 Å². The number of aryl methyl sites for hydroxylation is 2. The Morgan fingerprint density at radius 1 is 1.25 bits per heavy atom. The van der Waals surface area contributed by atoms with E-state index >= 15 is 0 Å². The van der Waals surface area contributed by atoms with Crippen LogP contribution in [0.25, 0.3) is 0 Å². The monoisotopic (exact) mass is 329 g/mol. The van der Waals surface area contributed by atoms with Crippen LogP contribution in [-0.4, -0.2) is 38.0 Å². The fourth-order valence-corrected chi connectivity index (χ4v) is 3.77. The molecule has 0 aromatic heterocycles. The normalized spacial score (nSPS) is 23.8. The standard InChI is InChI=1S/C19H27N3O2/c1-13-9-14(2)11-16(10-13)22-8-5-17(19(22)24)18(23)21-7-4-15-3-6-20-12-15/h9-11,15,17,20H,3-8,12H2,1-2H3,(H,21,23). The summed E-state index contributed by atoms with van der Waals surface area (Å²) >= 11 is 0. The Morgan fingerprint density at radius 3 is 2.67 bits per heavy atom. The molecule has 0 spiro atoms. The lowest BCUT2D eigenvalue weighted by molar-refractivity contribution is -0.132. The Kier molecular flexibility index (Phi) is 5.19. The van der Waals surface area contributed by atoms with Crippen LogP contribution in [0, 0.1) is 25.7 Å². The van der Waals surface area contributed by atoms with Gasteiger partial charge in [0.05, 0.1) is 0 Å². The zero-order chi connectivity index (χ0) is 17.1. The topological polar surface area (TPSA) is 61.4 Å². The van der Waals surface area contributed by atoms with Gasteiger partial charge in [-0.15, -0.1) is 0 Å². The molecule has 0 bridgehead atoms. The fraction of sp³-hybridized carbons (Fsp3) is 0.579. The molecule has 2 atom stereocenters. The molecule has 24 heavy (non-hydrogen) atoms. The molecule has 3 rings (SSSR count). The van der Waals surface area contributed by atoms with Crippen molar-refractivity contribution in [3.63, 3.8) is 0 Å². The number of carbonyl (C=O) groups excluding carboxylic acids is 2. The van der Waals surface area contributed by atoms with Crippen molar-refractivity contribution in [3.05, 3.63) is 29.3 Å². The van der Waals surface area contributed by atoms with Gasteiger partial charge >= 0.3 is 0 Å². The van der Waals surface area contributed by atoms with Crippen LogP contribution in [0.1, 0.15) is 30.4 Å². The number of amides is 2. The van der Waals surface area contributed by atoms with E-state index in [2.05, 4.69) is 16.7 Å². The Bertz CT molecular complexity index is 603. The van der Waals surface area contributed by atoms with Gasteiger partial charge in [0.25, 0.3) is 0 Å². The van der Waals surface area contributed by atoms with Crippen LogP contribution in [-0.2, 0) is 9.59 Å². The minimum Gasteiger partial charge on any atom is -0.355 e. The summed E-state index contributed by atoms with van der Waals surface area (Å²) in [6.45, 7) is 7.45. The highest BCUT2D eigenvalue weighted by Crippen LogP contribution is 2.27. The van der Waals surface area contributed by atoms with Crippen LogP contribution in [0.4, 0.5) is 5.69 Å². The van der Waals surface area contributed by atoms with Crippen LogP contribution < -0.4 is 15.5 Å². The predicted octanol–water partition coefficient (Wildman–Crippen LogP) is 1.77. The highest BCUT2D eigenvalue weighted by Gasteiger charge is 2.37.